The highest BCUT2D eigenvalue weighted by molar-refractivity contribution is 5.93. The zero-order valence-electron chi connectivity index (χ0n) is 11.3. The minimum Gasteiger partial charge on any atom is -0.468 e. The lowest BCUT2D eigenvalue weighted by molar-refractivity contribution is -0.140. The lowest BCUT2D eigenvalue weighted by Crippen LogP contribution is -2.28. The van der Waals surface area contributed by atoms with Crippen molar-refractivity contribution in [2.45, 2.75) is 0 Å². The van der Waals surface area contributed by atoms with Crippen LogP contribution in [-0.4, -0.2) is 39.6 Å². The molecule has 0 aliphatic heterocycles. The van der Waals surface area contributed by atoms with E-state index in [1.807, 2.05) is 43.3 Å². The molecule has 1 amide bonds. The molecule has 1 aromatic rings. The van der Waals surface area contributed by atoms with Gasteiger partial charge in [-0.05, 0) is 23.8 Å². The maximum atomic E-state index is 11.4. The Kier molecular flexibility index (Phi) is 5.60. The van der Waals surface area contributed by atoms with Crippen molar-refractivity contribution in [2.24, 2.45) is 0 Å². The number of amides is 1. The monoisotopic (exact) mass is 262 g/mol. The van der Waals surface area contributed by atoms with E-state index in [0.29, 0.717) is 0 Å². The first-order valence-corrected chi connectivity index (χ1v) is 5.83. The Bertz CT molecular complexity index is 464. The summed E-state index contributed by atoms with van der Waals surface area (Å²) in [5, 5.41) is 2.42. The summed E-state index contributed by atoms with van der Waals surface area (Å²) in [6.45, 7) is -0.126. The van der Waals surface area contributed by atoms with E-state index in [2.05, 4.69) is 10.1 Å². The van der Waals surface area contributed by atoms with Crippen molar-refractivity contribution in [1.29, 1.82) is 0 Å². The van der Waals surface area contributed by atoms with Crippen LogP contribution < -0.4 is 10.2 Å². The average Bonchev–Trinajstić information content (AvgIpc) is 2.42. The van der Waals surface area contributed by atoms with Crippen molar-refractivity contribution in [1.82, 2.24) is 5.32 Å². The van der Waals surface area contributed by atoms with E-state index in [0.717, 1.165) is 11.3 Å². The van der Waals surface area contributed by atoms with E-state index in [1.165, 1.54) is 13.2 Å². The molecule has 102 valence electrons. The highest BCUT2D eigenvalue weighted by Gasteiger charge is 2.01. The number of ether oxygens (including phenoxy) is 1. The molecule has 1 rings (SSSR count). The largest absolute Gasteiger partial charge is 0.468 e. The minimum absolute atomic E-state index is 0.126. The Morgan fingerprint density at radius 3 is 2.42 bits per heavy atom. The Morgan fingerprint density at radius 1 is 1.26 bits per heavy atom. The van der Waals surface area contributed by atoms with Gasteiger partial charge in [-0.25, -0.2) is 0 Å². The third-order valence-corrected chi connectivity index (χ3v) is 2.47. The van der Waals surface area contributed by atoms with Gasteiger partial charge in [0.15, 0.2) is 0 Å². The second-order valence-corrected chi connectivity index (χ2v) is 4.11. The highest BCUT2D eigenvalue weighted by Crippen LogP contribution is 2.12. The molecule has 5 heteroatoms. The molecule has 19 heavy (non-hydrogen) atoms. The standard InChI is InChI=1S/C14H18N2O3/c1-16(2)12-7-4-11(5-8-12)6-9-13(17)15-10-14(18)19-3/h4-9H,10H2,1-3H3,(H,15,17)/b9-6-. The van der Waals surface area contributed by atoms with Gasteiger partial charge in [0.25, 0.3) is 0 Å². The molecule has 5 nitrogen and oxygen atoms in total. The van der Waals surface area contributed by atoms with Crippen LogP contribution in [0, 0.1) is 0 Å². The van der Waals surface area contributed by atoms with Crippen molar-refractivity contribution in [3.8, 4) is 0 Å². The molecule has 1 aromatic carbocycles. The van der Waals surface area contributed by atoms with Crippen LogP contribution >= 0.6 is 0 Å². The van der Waals surface area contributed by atoms with Crippen LogP contribution in [0.1, 0.15) is 5.56 Å². The summed E-state index contributed by atoms with van der Waals surface area (Å²) in [5.41, 5.74) is 2.01. The van der Waals surface area contributed by atoms with E-state index >= 15 is 0 Å². The van der Waals surface area contributed by atoms with Gasteiger partial charge in [0, 0.05) is 25.9 Å². The number of rotatable bonds is 5. The molecule has 0 spiro atoms. The zero-order valence-corrected chi connectivity index (χ0v) is 11.3. The fraction of sp³-hybridized carbons (Fsp3) is 0.286. The van der Waals surface area contributed by atoms with Crippen molar-refractivity contribution in [3.63, 3.8) is 0 Å². The molecule has 1 N–H and O–H groups in total. The number of nitrogens with one attached hydrogen (secondary N) is 1. The molecule has 0 fully saturated rings. The highest BCUT2D eigenvalue weighted by atomic mass is 16.5. The fourth-order valence-electron chi connectivity index (χ4n) is 1.35. The molecule has 0 aliphatic rings. The summed E-state index contributed by atoms with van der Waals surface area (Å²) in [6, 6.07) is 7.76. The predicted octanol–water partition coefficient (Wildman–Crippen LogP) is 1.05. The lowest BCUT2D eigenvalue weighted by Gasteiger charge is -2.11. The minimum atomic E-state index is -0.475. The number of esters is 1. The normalized spacial score (nSPS) is 10.3. The first-order chi connectivity index (χ1) is 9.02. The van der Waals surface area contributed by atoms with Crippen molar-refractivity contribution < 1.29 is 14.3 Å². The molecule has 0 aromatic heterocycles. The van der Waals surface area contributed by atoms with Crippen LogP contribution in [0.5, 0.6) is 0 Å². The van der Waals surface area contributed by atoms with E-state index in [9.17, 15) is 9.59 Å². The zero-order chi connectivity index (χ0) is 14.3. The van der Waals surface area contributed by atoms with Crippen LogP contribution in [0.3, 0.4) is 0 Å². The quantitative estimate of drug-likeness (QED) is 0.636. The molecular weight excluding hydrogens is 244 g/mol. The number of hydrogen-bond donors (Lipinski definition) is 1. The second-order valence-electron chi connectivity index (χ2n) is 4.11. The molecule has 0 saturated heterocycles. The summed E-state index contributed by atoms with van der Waals surface area (Å²) in [4.78, 5) is 24.2. The first kappa shape index (κ1) is 14.8. The summed E-state index contributed by atoms with van der Waals surface area (Å²) in [7, 11) is 5.20. The van der Waals surface area contributed by atoms with E-state index < -0.39 is 5.97 Å². The molecule has 0 radical (unpaired) electrons. The summed E-state index contributed by atoms with van der Waals surface area (Å²) in [5.74, 6) is -0.806. The maximum Gasteiger partial charge on any atom is 0.325 e. The number of anilines is 1. The van der Waals surface area contributed by atoms with Crippen LogP contribution in [0.25, 0.3) is 6.08 Å². The summed E-state index contributed by atoms with van der Waals surface area (Å²) < 4.78 is 4.42. The Morgan fingerprint density at radius 2 is 1.89 bits per heavy atom. The number of carbonyl (C=O) groups is 2. The van der Waals surface area contributed by atoms with Gasteiger partial charge in [0.1, 0.15) is 6.54 Å². The third-order valence-electron chi connectivity index (χ3n) is 2.47. The number of hydrogen-bond acceptors (Lipinski definition) is 4. The van der Waals surface area contributed by atoms with Gasteiger partial charge in [0.05, 0.1) is 7.11 Å². The third kappa shape index (κ3) is 5.25. The van der Waals surface area contributed by atoms with Crippen molar-refractivity contribution in [3.05, 3.63) is 35.9 Å². The summed E-state index contributed by atoms with van der Waals surface area (Å²) >= 11 is 0. The Labute approximate surface area is 112 Å². The van der Waals surface area contributed by atoms with Crippen molar-refractivity contribution in [2.75, 3.05) is 32.6 Å². The fourth-order valence-corrected chi connectivity index (χ4v) is 1.35. The molecule has 0 saturated carbocycles. The molecule has 0 atom stereocenters. The average molecular weight is 262 g/mol. The summed E-state index contributed by atoms with van der Waals surface area (Å²) in [6.07, 6.45) is 3.07. The van der Waals surface area contributed by atoms with Crippen LogP contribution in [-0.2, 0) is 14.3 Å². The van der Waals surface area contributed by atoms with Gasteiger partial charge in [-0.15, -0.1) is 0 Å². The van der Waals surface area contributed by atoms with Gasteiger partial charge >= 0.3 is 5.97 Å². The van der Waals surface area contributed by atoms with Crippen LogP contribution in [0.2, 0.25) is 0 Å². The Balaban J connectivity index is 2.51. The predicted molar refractivity (Wildman–Crippen MR) is 74.8 cm³/mol. The molecule has 0 aliphatic carbocycles. The number of nitrogens with zero attached hydrogens (tertiary/aromatic N) is 1. The Hall–Kier alpha value is -2.30. The van der Waals surface area contributed by atoms with Crippen LogP contribution in [0.15, 0.2) is 30.3 Å². The number of benzene rings is 1. The van der Waals surface area contributed by atoms with Gasteiger partial charge in [-0.1, -0.05) is 12.1 Å². The number of carbonyl (C=O) groups excluding carboxylic acids is 2. The van der Waals surface area contributed by atoms with E-state index in [1.54, 1.807) is 6.08 Å². The molecule has 0 unspecified atom stereocenters. The van der Waals surface area contributed by atoms with Gasteiger partial charge in [-0.3, -0.25) is 9.59 Å². The van der Waals surface area contributed by atoms with Gasteiger partial charge in [0.2, 0.25) is 5.91 Å². The van der Waals surface area contributed by atoms with E-state index in [4.69, 9.17) is 0 Å². The SMILES string of the molecule is COC(=O)CNC(=O)/C=C\c1ccc(N(C)C)cc1. The smallest absolute Gasteiger partial charge is 0.325 e. The first-order valence-electron chi connectivity index (χ1n) is 5.83. The van der Waals surface area contributed by atoms with Crippen LogP contribution in [0.4, 0.5) is 5.69 Å². The molecule has 0 heterocycles. The molecule has 0 bridgehead atoms. The second kappa shape index (κ2) is 7.20. The molecular formula is C14H18N2O3. The lowest BCUT2D eigenvalue weighted by atomic mass is 10.2. The topological polar surface area (TPSA) is 58.6 Å². The van der Waals surface area contributed by atoms with Gasteiger partial charge in [-0.2, -0.15) is 0 Å². The van der Waals surface area contributed by atoms with Gasteiger partial charge < -0.3 is 15.0 Å². The van der Waals surface area contributed by atoms with Crippen molar-refractivity contribution >= 4 is 23.6 Å². The maximum absolute atomic E-state index is 11.4. The number of methoxy groups -OCH3 is 1. The van der Waals surface area contributed by atoms with E-state index in [-0.39, 0.29) is 12.5 Å².